The molecular weight excluding hydrogens is 390 g/mol. The number of fused-ring (bicyclic) bond motifs is 1. The second-order valence-electron chi connectivity index (χ2n) is 6.85. The van der Waals surface area contributed by atoms with Crippen LogP contribution in [0.1, 0.15) is 35.4 Å². The monoisotopic (exact) mass is 417 g/mol. The third-order valence-electron chi connectivity index (χ3n) is 4.92. The van der Waals surface area contributed by atoms with Crippen molar-refractivity contribution in [2.45, 2.75) is 25.8 Å². The van der Waals surface area contributed by atoms with Crippen molar-refractivity contribution >= 4 is 23.3 Å². The number of carbonyl (C=O) groups is 2. The average molecular weight is 418 g/mol. The number of hydrogen-bond acceptors (Lipinski definition) is 6. The van der Waals surface area contributed by atoms with Crippen LogP contribution in [0.4, 0.5) is 4.79 Å². The molecule has 0 saturated carbocycles. The second kappa shape index (κ2) is 9.76. The number of benzene rings is 1. The Morgan fingerprint density at radius 1 is 1.24 bits per heavy atom. The number of urea groups is 1. The lowest BCUT2D eigenvalue weighted by Gasteiger charge is -2.36. The molecule has 1 aromatic carbocycles. The molecule has 1 aliphatic rings. The third kappa shape index (κ3) is 4.89. The van der Waals surface area contributed by atoms with E-state index in [0.29, 0.717) is 24.6 Å². The molecule has 3 amide bonds. The van der Waals surface area contributed by atoms with Gasteiger partial charge in [-0.3, -0.25) is 15.0 Å². The van der Waals surface area contributed by atoms with E-state index in [2.05, 4.69) is 21.6 Å². The van der Waals surface area contributed by atoms with Gasteiger partial charge in [0.25, 0.3) is 0 Å². The van der Waals surface area contributed by atoms with E-state index in [9.17, 15) is 9.59 Å². The van der Waals surface area contributed by atoms with E-state index in [0.717, 1.165) is 23.3 Å². The molecule has 1 atom stereocenters. The Bertz CT molecular complexity index is 854. The van der Waals surface area contributed by atoms with Gasteiger partial charge in [0, 0.05) is 18.0 Å². The van der Waals surface area contributed by atoms with Gasteiger partial charge in [0.2, 0.25) is 5.91 Å². The summed E-state index contributed by atoms with van der Waals surface area (Å²) in [5.74, 6) is 1.05. The van der Waals surface area contributed by atoms with Gasteiger partial charge in [-0.05, 0) is 47.5 Å². The van der Waals surface area contributed by atoms with Crippen LogP contribution in [0.15, 0.2) is 29.6 Å². The van der Waals surface area contributed by atoms with Gasteiger partial charge in [-0.1, -0.05) is 13.0 Å². The minimum Gasteiger partial charge on any atom is -0.493 e. The van der Waals surface area contributed by atoms with Crippen molar-refractivity contribution < 1.29 is 19.1 Å². The molecular formula is C21H27N3O4S. The van der Waals surface area contributed by atoms with Gasteiger partial charge in [-0.2, -0.15) is 0 Å². The Balaban J connectivity index is 1.85. The van der Waals surface area contributed by atoms with Crippen molar-refractivity contribution in [1.29, 1.82) is 0 Å². The predicted molar refractivity (Wildman–Crippen MR) is 113 cm³/mol. The molecule has 29 heavy (non-hydrogen) atoms. The standard InChI is InChI=1S/C21H27N3O4S/c1-4-8-22-21(26)23-19(25)13-24-9-7-14-11-16(27-2)17(28-3)12-15(14)20(24)18-6-5-10-29-18/h5-6,10-12,20H,4,7-9,13H2,1-3H3,(H2,22,23,25,26). The summed E-state index contributed by atoms with van der Waals surface area (Å²) in [6, 6.07) is 7.56. The minimum atomic E-state index is -0.451. The molecule has 1 aliphatic heterocycles. The highest BCUT2D eigenvalue weighted by atomic mass is 32.1. The van der Waals surface area contributed by atoms with E-state index in [-0.39, 0.29) is 18.5 Å². The molecule has 0 radical (unpaired) electrons. The van der Waals surface area contributed by atoms with Gasteiger partial charge in [0.05, 0.1) is 26.8 Å². The highest BCUT2D eigenvalue weighted by Gasteiger charge is 2.32. The fourth-order valence-electron chi connectivity index (χ4n) is 3.58. The minimum absolute atomic E-state index is 0.0805. The lowest BCUT2D eigenvalue weighted by Crippen LogP contribution is -2.47. The molecule has 2 aromatic rings. The Kier molecular flexibility index (Phi) is 7.11. The maximum absolute atomic E-state index is 12.5. The molecule has 1 unspecified atom stereocenters. The topological polar surface area (TPSA) is 79.9 Å². The SMILES string of the molecule is CCCNC(=O)NC(=O)CN1CCc2cc(OC)c(OC)cc2C1c1cccs1. The molecule has 0 bridgehead atoms. The van der Waals surface area contributed by atoms with E-state index in [1.54, 1.807) is 25.6 Å². The molecule has 0 aliphatic carbocycles. The second-order valence-corrected chi connectivity index (χ2v) is 7.83. The first-order valence-electron chi connectivity index (χ1n) is 9.67. The number of rotatable bonds is 7. The Morgan fingerprint density at radius 3 is 2.66 bits per heavy atom. The van der Waals surface area contributed by atoms with E-state index in [4.69, 9.17) is 9.47 Å². The third-order valence-corrected chi connectivity index (χ3v) is 5.85. The first kappa shape index (κ1) is 21.1. The summed E-state index contributed by atoms with van der Waals surface area (Å²) in [6.45, 7) is 3.34. The molecule has 2 heterocycles. The maximum atomic E-state index is 12.5. The summed E-state index contributed by atoms with van der Waals surface area (Å²) >= 11 is 1.65. The van der Waals surface area contributed by atoms with E-state index in [1.165, 1.54) is 5.56 Å². The number of nitrogens with one attached hydrogen (secondary N) is 2. The van der Waals surface area contributed by atoms with Crippen molar-refractivity contribution in [3.8, 4) is 11.5 Å². The molecule has 2 N–H and O–H groups in total. The summed E-state index contributed by atoms with van der Waals surface area (Å²) < 4.78 is 11.0. The van der Waals surface area contributed by atoms with Crippen molar-refractivity contribution in [2.24, 2.45) is 0 Å². The molecule has 0 spiro atoms. The van der Waals surface area contributed by atoms with Gasteiger partial charge < -0.3 is 14.8 Å². The highest BCUT2D eigenvalue weighted by Crippen LogP contribution is 2.41. The molecule has 3 rings (SSSR count). The number of carbonyl (C=O) groups excluding carboxylic acids is 2. The van der Waals surface area contributed by atoms with Crippen LogP contribution in [0.2, 0.25) is 0 Å². The lowest BCUT2D eigenvalue weighted by atomic mass is 9.91. The van der Waals surface area contributed by atoms with Crippen LogP contribution in [-0.2, 0) is 11.2 Å². The number of thiophene rings is 1. The summed E-state index contributed by atoms with van der Waals surface area (Å²) in [5.41, 5.74) is 2.28. The maximum Gasteiger partial charge on any atom is 0.321 e. The predicted octanol–water partition coefficient (Wildman–Crippen LogP) is 2.95. The molecule has 156 valence electrons. The number of amides is 3. The smallest absolute Gasteiger partial charge is 0.321 e. The Morgan fingerprint density at radius 2 is 2.00 bits per heavy atom. The quantitative estimate of drug-likeness (QED) is 0.724. The van der Waals surface area contributed by atoms with E-state index < -0.39 is 6.03 Å². The van der Waals surface area contributed by atoms with Crippen molar-refractivity contribution in [3.05, 3.63) is 45.6 Å². The normalized spacial score (nSPS) is 16.0. The van der Waals surface area contributed by atoms with Crippen LogP contribution in [0, 0.1) is 0 Å². The van der Waals surface area contributed by atoms with Gasteiger partial charge in [-0.25, -0.2) is 4.79 Å². The van der Waals surface area contributed by atoms with Gasteiger partial charge >= 0.3 is 6.03 Å². The van der Waals surface area contributed by atoms with Gasteiger partial charge in [0.15, 0.2) is 11.5 Å². The number of nitrogens with zero attached hydrogens (tertiary/aromatic N) is 1. The van der Waals surface area contributed by atoms with Crippen molar-refractivity contribution in [2.75, 3.05) is 33.9 Å². The molecule has 0 fully saturated rings. The molecule has 8 heteroatoms. The largest absolute Gasteiger partial charge is 0.493 e. The molecule has 0 saturated heterocycles. The Labute approximate surface area is 175 Å². The number of imide groups is 1. The van der Waals surface area contributed by atoms with Crippen LogP contribution in [-0.4, -0.2) is 50.7 Å². The molecule has 1 aromatic heterocycles. The zero-order valence-corrected chi connectivity index (χ0v) is 17.8. The zero-order valence-electron chi connectivity index (χ0n) is 17.0. The van der Waals surface area contributed by atoms with Crippen LogP contribution >= 0.6 is 11.3 Å². The van der Waals surface area contributed by atoms with Crippen molar-refractivity contribution in [3.63, 3.8) is 0 Å². The average Bonchev–Trinajstić information content (AvgIpc) is 3.25. The lowest BCUT2D eigenvalue weighted by molar-refractivity contribution is -0.121. The van der Waals surface area contributed by atoms with Crippen LogP contribution < -0.4 is 20.1 Å². The first-order chi connectivity index (χ1) is 14.1. The van der Waals surface area contributed by atoms with E-state index in [1.807, 2.05) is 30.5 Å². The van der Waals surface area contributed by atoms with Crippen LogP contribution in [0.3, 0.4) is 0 Å². The summed E-state index contributed by atoms with van der Waals surface area (Å²) in [6.07, 6.45) is 1.60. The fraction of sp³-hybridized carbons (Fsp3) is 0.429. The van der Waals surface area contributed by atoms with E-state index >= 15 is 0 Å². The molecule has 7 nitrogen and oxygen atoms in total. The van der Waals surface area contributed by atoms with Crippen molar-refractivity contribution in [1.82, 2.24) is 15.5 Å². The fourth-order valence-corrected chi connectivity index (χ4v) is 4.46. The first-order valence-corrected chi connectivity index (χ1v) is 10.5. The summed E-state index contributed by atoms with van der Waals surface area (Å²) in [5, 5.41) is 7.11. The number of hydrogen-bond donors (Lipinski definition) is 2. The van der Waals surface area contributed by atoms with Gasteiger partial charge in [-0.15, -0.1) is 11.3 Å². The highest BCUT2D eigenvalue weighted by molar-refractivity contribution is 7.10. The number of ether oxygens (including phenoxy) is 2. The van der Waals surface area contributed by atoms with Crippen LogP contribution in [0.25, 0.3) is 0 Å². The van der Waals surface area contributed by atoms with Gasteiger partial charge in [0.1, 0.15) is 0 Å². The summed E-state index contributed by atoms with van der Waals surface area (Å²) in [4.78, 5) is 27.5. The number of methoxy groups -OCH3 is 2. The Hall–Kier alpha value is -2.58. The summed E-state index contributed by atoms with van der Waals surface area (Å²) in [7, 11) is 3.25. The van der Waals surface area contributed by atoms with Crippen LogP contribution in [0.5, 0.6) is 11.5 Å². The zero-order chi connectivity index (χ0) is 20.8.